The average molecular weight is 269 g/mol. The molecule has 0 fully saturated rings. The molecule has 0 amide bonds. The third kappa shape index (κ3) is 2.11. The fraction of sp³-hybridized carbons (Fsp3) is 0.0714. The normalized spacial score (nSPS) is 10.7. The Bertz CT molecular complexity index is 766. The highest BCUT2D eigenvalue weighted by Crippen LogP contribution is 2.23. The molecule has 5 nitrogen and oxygen atoms in total. The number of aryl methyl sites for hydroxylation is 1. The number of nitrogens with two attached hydrogens (primary N) is 1. The molecule has 3 rings (SSSR count). The molecule has 100 valence electrons. The van der Waals surface area contributed by atoms with Crippen LogP contribution in [-0.2, 0) is 0 Å². The van der Waals surface area contributed by atoms with Gasteiger partial charge in [0, 0.05) is 5.56 Å². The summed E-state index contributed by atoms with van der Waals surface area (Å²) >= 11 is 0. The molecule has 0 saturated heterocycles. The predicted octanol–water partition coefficient (Wildman–Crippen LogP) is 2.36. The number of hydrogen-bond donors (Lipinski definition) is 1. The van der Waals surface area contributed by atoms with Crippen LogP contribution in [0.15, 0.2) is 42.5 Å². The molecular weight excluding hydrogens is 257 g/mol. The van der Waals surface area contributed by atoms with Crippen molar-refractivity contribution in [3.05, 3.63) is 53.8 Å². The number of aromatic nitrogens is 4. The summed E-state index contributed by atoms with van der Waals surface area (Å²) in [7, 11) is 0. The summed E-state index contributed by atoms with van der Waals surface area (Å²) in [5, 5.41) is 11.6. The highest BCUT2D eigenvalue weighted by molar-refractivity contribution is 5.63. The van der Waals surface area contributed by atoms with E-state index in [-0.39, 0.29) is 5.69 Å². The van der Waals surface area contributed by atoms with Crippen LogP contribution in [0.25, 0.3) is 17.1 Å². The number of halogens is 1. The Hall–Kier alpha value is -2.76. The van der Waals surface area contributed by atoms with Crippen LogP contribution >= 0.6 is 0 Å². The number of rotatable bonds is 2. The van der Waals surface area contributed by atoms with Crippen molar-refractivity contribution < 1.29 is 4.39 Å². The van der Waals surface area contributed by atoms with E-state index in [1.807, 2.05) is 31.2 Å². The zero-order valence-electron chi connectivity index (χ0n) is 10.8. The molecule has 3 aromatic rings. The van der Waals surface area contributed by atoms with E-state index in [1.165, 1.54) is 12.1 Å². The first-order valence-electron chi connectivity index (χ1n) is 6.06. The summed E-state index contributed by atoms with van der Waals surface area (Å²) in [6, 6.07) is 12.2. The SMILES string of the molecule is Cc1cccc(-n2nnnc2-c2ccc(F)c(N)c2)c1. The van der Waals surface area contributed by atoms with Crippen molar-refractivity contribution in [1.29, 1.82) is 0 Å². The molecule has 0 bridgehead atoms. The minimum atomic E-state index is -0.455. The fourth-order valence-electron chi connectivity index (χ4n) is 1.98. The molecule has 2 aromatic carbocycles. The number of hydrogen-bond acceptors (Lipinski definition) is 4. The van der Waals surface area contributed by atoms with Crippen LogP contribution in [0.4, 0.5) is 10.1 Å². The highest BCUT2D eigenvalue weighted by atomic mass is 19.1. The average Bonchev–Trinajstić information content (AvgIpc) is 2.91. The second kappa shape index (κ2) is 4.73. The van der Waals surface area contributed by atoms with Gasteiger partial charge in [0.25, 0.3) is 0 Å². The van der Waals surface area contributed by atoms with Crippen LogP contribution in [0.2, 0.25) is 0 Å². The Balaban J connectivity index is 2.12. The Morgan fingerprint density at radius 3 is 2.75 bits per heavy atom. The molecule has 0 unspecified atom stereocenters. The molecule has 0 atom stereocenters. The number of nitrogen functional groups attached to an aromatic ring is 1. The summed E-state index contributed by atoms with van der Waals surface area (Å²) in [5.41, 5.74) is 8.26. The molecule has 6 heteroatoms. The van der Waals surface area contributed by atoms with E-state index in [2.05, 4.69) is 15.5 Å². The van der Waals surface area contributed by atoms with E-state index in [1.54, 1.807) is 10.7 Å². The molecule has 0 aliphatic carbocycles. The van der Waals surface area contributed by atoms with Gasteiger partial charge in [-0.1, -0.05) is 12.1 Å². The Labute approximate surface area is 114 Å². The van der Waals surface area contributed by atoms with Crippen molar-refractivity contribution in [1.82, 2.24) is 20.2 Å². The molecular formula is C14H12FN5. The van der Waals surface area contributed by atoms with Crippen LogP contribution in [-0.4, -0.2) is 20.2 Å². The highest BCUT2D eigenvalue weighted by Gasteiger charge is 2.12. The van der Waals surface area contributed by atoms with Gasteiger partial charge in [-0.05, 0) is 53.2 Å². The van der Waals surface area contributed by atoms with Gasteiger partial charge in [-0.25, -0.2) is 4.39 Å². The van der Waals surface area contributed by atoms with Crippen molar-refractivity contribution in [3.8, 4) is 17.1 Å². The van der Waals surface area contributed by atoms with Gasteiger partial charge in [0.15, 0.2) is 5.82 Å². The molecule has 0 spiro atoms. The number of benzene rings is 2. The molecule has 1 heterocycles. The van der Waals surface area contributed by atoms with Gasteiger partial charge < -0.3 is 5.73 Å². The molecule has 1 aromatic heterocycles. The zero-order valence-corrected chi connectivity index (χ0v) is 10.8. The lowest BCUT2D eigenvalue weighted by Gasteiger charge is -2.06. The maximum Gasteiger partial charge on any atom is 0.187 e. The second-order valence-corrected chi connectivity index (χ2v) is 4.49. The van der Waals surface area contributed by atoms with Crippen LogP contribution in [0.5, 0.6) is 0 Å². The zero-order chi connectivity index (χ0) is 14.1. The van der Waals surface area contributed by atoms with Gasteiger partial charge in [-0.15, -0.1) is 5.10 Å². The van der Waals surface area contributed by atoms with Gasteiger partial charge in [0.1, 0.15) is 5.82 Å². The standard InChI is InChI=1S/C14H12FN5/c1-9-3-2-4-11(7-9)20-14(17-18-19-20)10-5-6-12(15)13(16)8-10/h2-8H,16H2,1H3. The molecule has 2 N–H and O–H groups in total. The van der Waals surface area contributed by atoms with Gasteiger partial charge >= 0.3 is 0 Å². The van der Waals surface area contributed by atoms with Crippen molar-refractivity contribution in [2.24, 2.45) is 0 Å². The lowest BCUT2D eigenvalue weighted by atomic mass is 10.1. The topological polar surface area (TPSA) is 69.6 Å². The number of nitrogens with zero attached hydrogens (tertiary/aromatic N) is 4. The smallest absolute Gasteiger partial charge is 0.187 e. The Morgan fingerprint density at radius 1 is 1.15 bits per heavy atom. The van der Waals surface area contributed by atoms with Crippen molar-refractivity contribution in [3.63, 3.8) is 0 Å². The first kappa shape index (κ1) is 12.3. The van der Waals surface area contributed by atoms with E-state index < -0.39 is 5.82 Å². The molecule has 0 saturated carbocycles. The lowest BCUT2D eigenvalue weighted by molar-refractivity contribution is 0.632. The van der Waals surface area contributed by atoms with Gasteiger partial charge in [0.05, 0.1) is 11.4 Å². The predicted molar refractivity (Wildman–Crippen MR) is 73.7 cm³/mol. The first-order valence-corrected chi connectivity index (χ1v) is 6.06. The maximum atomic E-state index is 13.2. The summed E-state index contributed by atoms with van der Waals surface area (Å²) in [6.45, 7) is 1.99. The Morgan fingerprint density at radius 2 is 2.00 bits per heavy atom. The van der Waals surface area contributed by atoms with Gasteiger partial charge in [-0.3, -0.25) is 0 Å². The summed E-state index contributed by atoms with van der Waals surface area (Å²) in [5.74, 6) is 0.0608. The van der Waals surface area contributed by atoms with Gasteiger partial charge in [-0.2, -0.15) is 4.68 Å². The van der Waals surface area contributed by atoms with Crippen LogP contribution in [0, 0.1) is 12.7 Å². The van der Waals surface area contributed by atoms with Crippen LogP contribution < -0.4 is 5.73 Å². The van der Waals surface area contributed by atoms with Crippen LogP contribution in [0.3, 0.4) is 0 Å². The largest absolute Gasteiger partial charge is 0.396 e. The monoisotopic (exact) mass is 269 g/mol. The third-order valence-electron chi connectivity index (χ3n) is 2.97. The van der Waals surface area contributed by atoms with E-state index in [0.29, 0.717) is 11.4 Å². The van der Waals surface area contributed by atoms with Crippen molar-refractivity contribution >= 4 is 5.69 Å². The lowest BCUT2D eigenvalue weighted by Crippen LogP contribution is -2.01. The van der Waals surface area contributed by atoms with Crippen molar-refractivity contribution in [2.45, 2.75) is 6.92 Å². The fourth-order valence-corrected chi connectivity index (χ4v) is 1.98. The van der Waals surface area contributed by atoms with E-state index in [4.69, 9.17) is 5.73 Å². The van der Waals surface area contributed by atoms with Crippen LogP contribution in [0.1, 0.15) is 5.56 Å². The summed E-state index contributed by atoms with van der Waals surface area (Å²) in [6.07, 6.45) is 0. The van der Waals surface area contributed by atoms with E-state index >= 15 is 0 Å². The number of tetrazole rings is 1. The molecule has 0 aliphatic heterocycles. The summed E-state index contributed by atoms with van der Waals surface area (Å²) in [4.78, 5) is 0. The van der Waals surface area contributed by atoms with E-state index in [0.717, 1.165) is 11.3 Å². The molecule has 0 radical (unpaired) electrons. The second-order valence-electron chi connectivity index (χ2n) is 4.49. The molecule has 20 heavy (non-hydrogen) atoms. The third-order valence-corrected chi connectivity index (χ3v) is 2.97. The summed E-state index contributed by atoms with van der Waals surface area (Å²) < 4.78 is 14.8. The first-order chi connectivity index (χ1) is 9.65. The van der Waals surface area contributed by atoms with Crippen molar-refractivity contribution in [2.75, 3.05) is 5.73 Å². The minimum absolute atomic E-state index is 0.0706. The van der Waals surface area contributed by atoms with Gasteiger partial charge in [0.2, 0.25) is 0 Å². The molecule has 0 aliphatic rings. The minimum Gasteiger partial charge on any atom is -0.396 e. The van der Waals surface area contributed by atoms with E-state index in [9.17, 15) is 4.39 Å². The maximum absolute atomic E-state index is 13.2. The number of anilines is 1. The quantitative estimate of drug-likeness (QED) is 0.725. The Kier molecular flexibility index (Phi) is 2.90.